The van der Waals surface area contributed by atoms with Gasteiger partial charge in [-0.15, -0.1) is 0 Å². The van der Waals surface area contributed by atoms with Crippen molar-refractivity contribution in [3.63, 3.8) is 0 Å². The Balaban J connectivity index is 0.000000146. The summed E-state index contributed by atoms with van der Waals surface area (Å²) in [6, 6.07) is 97.0. The number of hydrogen-bond acceptors (Lipinski definition) is 0. The van der Waals surface area contributed by atoms with Crippen LogP contribution in [-0.2, 0) is 14.8 Å². The zero-order valence-corrected chi connectivity index (χ0v) is 39.0. The largest absolute Gasteiger partial charge is 0.0622 e. The van der Waals surface area contributed by atoms with Crippen molar-refractivity contribution in [3.8, 4) is 0 Å². The molecule has 5 heteroatoms. The summed E-state index contributed by atoms with van der Waals surface area (Å²) >= 11 is 4.56. The first-order chi connectivity index (χ1) is 29.3. The van der Waals surface area contributed by atoms with Gasteiger partial charge in [0.1, 0.15) is 0 Å². The molecule has 0 saturated heterocycles. The Labute approximate surface area is 376 Å². The van der Waals surface area contributed by atoms with E-state index in [9.17, 15) is 0 Å². The molecule has 0 aromatic heterocycles. The second kappa shape index (κ2) is 25.3. The Morgan fingerprint density at radius 1 is 0.169 bits per heavy atom. The summed E-state index contributed by atoms with van der Waals surface area (Å²) in [4.78, 5) is 0. The van der Waals surface area contributed by atoms with Crippen LogP contribution < -0.4 is 47.7 Å². The molecule has 0 N–H and O–H groups in total. The van der Waals surface area contributed by atoms with Gasteiger partial charge in [0, 0.05) is 0 Å². The Morgan fingerprint density at radius 3 is 0.339 bits per heavy atom. The number of rotatable bonds is 9. The van der Waals surface area contributed by atoms with Gasteiger partial charge in [-0.1, -0.05) is 273 Å². The van der Waals surface area contributed by atoms with Crippen molar-refractivity contribution in [2.24, 2.45) is 0 Å². The molecule has 0 heterocycles. The topological polar surface area (TPSA) is 0 Å². The fraction of sp³-hybridized carbons (Fsp3) is 0. The van der Waals surface area contributed by atoms with E-state index in [1.54, 1.807) is 0 Å². The van der Waals surface area contributed by atoms with E-state index in [-0.39, 0.29) is 0 Å². The fourth-order valence-electron chi connectivity index (χ4n) is 6.54. The van der Waals surface area contributed by atoms with Gasteiger partial charge in [-0.05, 0) is 71.5 Å². The maximum Gasteiger partial charge on any atom is -0.0134 e. The smallest absolute Gasteiger partial charge is 0.0134 e. The maximum atomic E-state index is 2.52. The summed E-state index contributed by atoms with van der Waals surface area (Å²) in [5.41, 5.74) is 0. The molecule has 0 unspecified atom stereocenters. The van der Waals surface area contributed by atoms with E-state index in [0.29, 0.717) is 0 Å². The number of halogens is 1. The van der Waals surface area contributed by atoms with Crippen LogP contribution in [0.2, 0.25) is 0 Å². The predicted octanol–water partition coefficient (Wildman–Crippen LogP) is 11.2. The minimum absolute atomic E-state index is 0.446. The van der Waals surface area contributed by atoms with Crippen LogP contribution in [0.15, 0.2) is 273 Å². The molecular formula is C54H45IP3Rh. The SMILES string of the molecule is [Rh][I].c1ccc(P(c2ccccc2)c2ccccc2)cc1.c1ccc(P(c2ccccc2)c2ccccc2)cc1.c1ccc(P(c2ccccc2)c2ccccc2)cc1. The van der Waals surface area contributed by atoms with Crippen molar-refractivity contribution >= 4 is 91.3 Å². The van der Waals surface area contributed by atoms with Crippen LogP contribution >= 0.6 is 43.5 Å². The third-order valence-corrected chi connectivity index (χ3v) is 16.5. The van der Waals surface area contributed by atoms with Crippen LogP contribution in [0.5, 0.6) is 0 Å². The first kappa shape index (κ1) is 44.2. The molecule has 9 aromatic carbocycles. The van der Waals surface area contributed by atoms with Crippen LogP contribution in [0.25, 0.3) is 0 Å². The molecule has 0 nitrogen and oxygen atoms in total. The molecule has 0 atom stereocenters. The number of benzene rings is 9. The van der Waals surface area contributed by atoms with Gasteiger partial charge in [0.2, 0.25) is 0 Å². The summed E-state index contributed by atoms with van der Waals surface area (Å²) < 4.78 is 0. The zero-order valence-electron chi connectivity index (χ0n) is 32.5. The van der Waals surface area contributed by atoms with E-state index >= 15 is 0 Å². The van der Waals surface area contributed by atoms with Crippen molar-refractivity contribution in [2.75, 3.05) is 0 Å². The normalized spacial score (nSPS) is 10.3. The van der Waals surface area contributed by atoms with Gasteiger partial charge in [-0.25, -0.2) is 0 Å². The Bertz CT molecular complexity index is 1870. The van der Waals surface area contributed by atoms with Crippen LogP contribution in [0.1, 0.15) is 0 Å². The van der Waals surface area contributed by atoms with E-state index in [1.807, 2.05) is 19.8 Å². The standard InChI is InChI=1S/3C18H15P.HI.Rh/c3*1-4-10-16(11-5-1)19(17-12-6-2-7-13-17)18-14-8-3-9-15-18;;/h3*1-15H;1H;/q;;;;+1/p-1. The van der Waals surface area contributed by atoms with E-state index in [1.165, 1.54) is 47.7 Å². The molecule has 0 spiro atoms. The first-order valence-electron chi connectivity index (χ1n) is 19.3. The van der Waals surface area contributed by atoms with E-state index in [4.69, 9.17) is 0 Å². The van der Waals surface area contributed by atoms with Gasteiger partial charge >= 0.3 is 34.5 Å². The molecule has 0 amide bonds. The van der Waals surface area contributed by atoms with Gasteiger partial charge in [-0.3, -0.25) is 0 Å². The summed E-state index contributed by atoms with van der Waals surface area (Å²) in [6.07, 6.45) is 0. The molecule has 0 bridgehead atoms. The van der Waals surface area contributed by atoms with Gasteiger partial charge in [0.25, 0.3) is 0 Å². The summed E-state index contributed by atoms with van der Waals surface area (Å²) in [5.74, 6) is 0. The molecule has 0 saturated carbocycles. The third-order valence-electron chi connectivity index (χ3n) is 9.13. The van der Waals surface area contributed by atoms with Crippen LogP contribution in [0.3, 0.4) is 0 Å². The molecular weight excluding hydrogens is 971 g/mol. The Morgan fingerprint density at radius 2 is 0.254 bits per heavy atom. The van der Waals surface area contributed by atoms with E-state index in [0.717, 1.165) is 0 Å². The minimum Gasteiger partial charge on any atom is -0.0622 e. The fourth-order valence-corrected chi connectivity index (χ4v) is 13.5. The van der Waals surface area contributed by atoms with E-state index in [2.05, 4.69) is 288 Å². The summed E-state index contributed by atoms with van der Waals surface area (Å²) in [7, 11) is -1.34. The maximum absolute atomic E-state index is 2.52. The molecule has 0 aliphatic carbocycles. The molecule has 0 radical (unpaired) electrons. The van der Waals surface area contributed by atoms with Crippen LogP contribution in [-0.4, -0.2) is 0 Å². The van der Waals surface area contributed by atoms with Crippen LogP contribution in [0, 0.1) is 0 Å². The van der Waals surface area contributed by atoms with Gasteiger partial charge in [0.05, 0.1) is 0 Å². The third kappa shape index (κ3) is 13.3. The summed E-state index contributed by atoms with van der Waals surface area (Å²) in [5, 5.41) is 12.6. The molecule has 292 valence electrons. The van der Waals surface area contributed by atoms with Gasteiger partial charge < -0.3 is 0 Å². The zero-order chi connectivity index (χ0) is 40.7. The van der Waals surface area contributed by atoms with E-state index < -0.39 is 23.8 Å². The molecule has 0 aliphatic rings. The van der Waals surface area contributed by atoms with Crippen molar-refractivity contribution in [2.45, 2.75) is 0 Å². The molecule has 0 fully saturated rings. The van der Waals surface area contributed by atoms with Gasteiger partial charge in [-0.2, -0.15) is 0 Å². The molecule has 59 heavy (non-hydrogen) atoms. The second-order valence-electron chi connectivity index (χ2n) is 13.0. The predicted molar refractivity (Wildman–Crippen MR) is 269 cm³/mol. The molecule has 9 aromatic rings. The summed E-state index contributed by atoms with van der Waals surface area (Å²) in [6.45, 7) is 0. The van der Waals surface area contributed by atoms with Crippen molar-refractivity contribution in [1.29, 1.82) is 0 Å². The van der Waals surface area contributed by atoms with Crippen molar-refractivity contribution in [3.05, 3.63) is 273 Å². The average molecular weight is 1020 g/mol. The Hall–Kier alpha value is -4.38. The van der Waals surface area contributed by atoms with Crippen molar-refractivity contribution in [1.82, 2.24) is 0 Å². The second-order valence-corrected chi connectivity index (χ2v) is 19.7. The quantitative estimate of drug-likeness (QED) is 0.0768. The average Bonchev–Trinajstić information content (AvgIpc) is 3.34. The molecule has 0 aliphatic heterocycles. The monoisotopic (exact) mass is 1020 g/mol. The van der Waals surface area contributed by atoms with Gasteiger partial charge in [0.15, 0.2) is 0 Å². The van der Waals surface area contributed by atoms with Crippen LogP contribution in [0.4, 0.5) is 0 Å². The van der Waals surface area contributed by atoms with Crippen molar-refractivity contribution < 1.29 is 14.8 Å². The first-order valence-corrected chi connectivity index (χ1v) is 28.2. The number of hydrogen-bond donors (Lipinski definition) is 0. The Kier molecular flexibility index (Phi) is 18.9. The molecule has 9 rings (SSSR count). The minimum atomic E-state index is -0.446.